The predicted molar refractivity (Wildman–Crippen MR) is 149 cm³/mol. The number of nitrogens with zero attached hydrogens (tertiary/aromatic N) is 2. The van der Waals surface area contributed by atoms with E-state index in [9.17, 15) is 19.2 Å². The van der Waals surface area contributed by atoms with E-state index >= 15 is 0 Å². The van der Waals surface area contributed by atoms with Gasteiger partial charge in [0.05, 0.1) is 11.8 Å². The van der Waals surface area contributed by atoms with E-state index in [2.05, 4.69) is 0 Å². The summed E-state index contributed by atoms with van der Waals surface area (Å²) >= 11 is 6.05. The minimum atomic E-state index is -0.672. The van der Waals surface area contributed by atoms with E-state index < -0.39 is 36.1 Å². The molecule has 0 unspecified atom stereocenters. The van der Waals surface area contributed by atoms with E-state index in [1.165, 1.54) is 12.1 Å². The average Bonchev–Trinajstić information content (AvgIpc) is 3.26. The molecule has 2 atom stereocenters. The molecular weight excluding hydrogens is 524 g/mol. The van der Waals surface area contributed by atoms with Crippen molar-refractivity contribution in [2.24, 2.45) is 11.8 Å². The van der Waals surface area contributed by atoms with Gasteiger partial charge in [0.15, 0.2) is 5.78 Å². The number of benzene rings is 4. The van der Waals surface area contributed by atoms with Gasteiger partial charge in [0.2, 0.25) is 0 Å². The maximum absolute atomic E-state index is 14.3. The Hall–Kier alpha value is -4.55. The zero-order chi connectivity index (χ0) is 27.5. The van der Waals surface area contributed by atoms with Crippen molar-refractivity contribution in [2.45, 2.75) is 11.8 Å². The molecule has 0 N–H and O–H groups in total. The Morgan fingerprint density at radius 1 is 0.625 bits per heavy atom. The topological polar surface area (TPSA) is 74.8 Å². The Bertz CT molecular complexity index is 1590. The fraction of sp³-hybridized carbons (Fsp3) is 0.152. The van der Waals surface area contributed by atoms with Crippen molar-refractivity contribution in [1.29, 1.82) is 0 Å². The molecule has 1 aliphatic heterocycles. The molecule has 1 saturated heterocycles. The van der Waals surface area contributed by atoms with Crippen molar-refractivity contribution in [3.05, 3.63) is 142 Å². The Morgan fingerprint density at radius 3 is 1.55 bits per heavy atom. The summed E-state index contributed by atoms with van der Waals surface area (Å²) in [6.07, 6.45) is 0. The summed E-state index contributed by atoms with van der Waals surface area (Å²) in [4.78, 5) is 55.8. The van der Waals surface area contributed by atoms with Crippen molar-refractivity contribution in [1.82, 2.24) is 10.0 Å². The third-order valence-electron chi connectivity index (χ3n) is 8.38. The second-order valence-corrected chi connectivity index (χ2v) is 10.8. The van der Waals surface area contributed by atoms with Crippen molar-refractivity contribution >= 4 is 35.1 Å². The molecular formula is C33H23ClN2O4. The highest BCUT2D eigenvalue weighted by Gasteiger charge is 2.63. The Labute approximate surface area is 235 Å². The summed E-state index contributed by atoms with van der Waals surface area (Å²) in [7, 11) is 0. The Morgan fingerprint density at radius 2 is 1.07 bits per heavy atom. The highest BCUT2D eigenvalue weighted by molar-refractivity contribution is 6.30. The number of carbonyl (C=O) groups is 4. The molecule has 4 aliphatic rings. The molecule has 0 radical (unpaired) electrons. The van der Waals surface area contributed by atoms with Crippen LogP contribution in [-0.2, 0) is 9.59 Å². The molecule has 40 heavy (non-hydrogen) atoms. The van der Waals surface area contributed by atoms with E-state index in [0.29, 0.717) is 10.6 Å². The molecule has 0 aromatic heterocycles. The van der Waals surface area contributed by atoms with Crippen molar-refractivity contribution in [3.8, 4) is 0 Å². The van der Waals surface area contributed by atoms with E-state index in [0.717, 1.165) is 32.3 Å². The maximum Gasteiger partial charge on any atom is 0.273 e. The zero-order valence-electron chi connectivity index (χ0n) is 21.2. The monoisotopic (exact) mass is 546 g/mol. The minimum Gasteiger partial charge on any atom is -0.292 e. The van der Waals surface area contributed by atoms with Crippen LogP contribution in [0.15, 0.2) is 103 Å². The van der Waals surface area contributed by atoms with E-state index in [-0.39, 0.29) is 23.2 Å². The third kappa shape index (κ3) is 3.56. The van der Waals surface area contributed by atoms with E-state index in [1.807, 2.05) is 48.5 Å². The predicted octanol–water partition coefficient (Wildman–Crippen LogP) is 5.47. The maximum atomic E-state index is 14.3. The zero-order valence-corrected chi connectivity index (χ0v) is 22.0. The number of amides is 3. The lowest BCUT2D eigenvalue weighted by Gasteiger charge is -2.45. The number of ketones is 1. The third-order valence-corrected chi connectivity index (χ3v) is 8.63. The number of hydrogen-bond donors (Lipinski definition) is 0. The fourth-order valence-electron chi connectivity index (χ4n) is 6.73. The van der Waals surface area contributed by atoms with Gasteiger partial charge in [0.1, 0.15) is 6.54 Å². The van der Waals surface area contributed by atoms with Gasteiger partial charge in [0, 0.05) is 28.0 Å². The van der Waals surface area contributed by atoms with Gasteiger partial charge >= 0.3 is 0 Å². The first-order valence-electron chi connectivity index (χ1n) is 13.2. The molecule has 8 rings (SSSR count). The molecule has 4 aromatic rings. The first-order chi connectivity index (χ1) is 19.5. The lowest BCUT2D eigenvalue weighted by Crippen LogP contribution is -2.52. The van der Waals surface area contributed by atoms with Crippen molar-refractivity contribution in [2.75, 3.05) is 6.54 Å². The van der Waals surface area contributed by atoms with Crippen LogP contribution in [0, 0.1) is 11.8 Å². The van der Waals surface area contributed by atoms with E-state index in [1.54, 1.807) is 42.5 Å². The molecule has 3 aliphatic carbocycles. The average molecular weight is 547 g/mol. The number of hydrazine groups is 1. The molecule has 1 fully saturated rings. The van der Waals surface area contributed by atoms with Crippen LogP contribution < -0.4 is 0 Å². The second kappa shape index (κ2) is 9.28. The van der Waals surface area contributed by atoms with Gasteiger partial charge in [-0.25, -0.2) is 5.01 Å². The van der Waals surface area contributed by atoms with Gasteiger partial charge in [-0.1, -0.05) is 90.5 Å². The quantitative estimate of drug-likeness (QED) is 0.246. The molecule has 7 heteroatoms. The fourth-order valence-corrected chi connectivity index (χ4v) is 6.85. The number of hydrogen-bond acceptors (Lipinski definition) is 4. The number of halogens is 1. The summed E-state index contributed by atoms with van der Waals surface area (Å²) in [6, 6.07) is 30.6. The first-order valence-corrected chi connectivity index (χ1v) is 13.5. The lowest BCUT2D eigenvalue weighted by molar-refractivity contribution is -0.154. The highest BCUT2D eigenvalue weighted by atomic mass is 35.5. The van der Waals surface area contributed by atoms with Crippen LogP contribution in [0.4, 0.5) is 0 Å². The van der Waals surface area contributed by atoms with Gasteiger partial charge in [-0.05, 0) is 46.5 Å². The van der Waals surface area contributed by atoms with Crippen LogP contribution >= 0.6 is 11.6 Å². The van der Waals surface area contributed by atoms with Crippen LogP contribution in [0.3, 0.4) is 0 Å². The largest absolute Gasteiger partial charge is 0.292 e. The number of rotatable bonds is 5. The molecule has 196 valence electrons. The molecule has 2 bridgehead atoms. The number of imide groups is 1. The lowest BCUT2D eigenvalue weighted by atomic mass is 9.55. The molecule has 1 heterocycles. The number of carbonyl (C=O) groups excluding carboxylic acids is 4. The van der Waals surface area contributed by atoms with Crippen molar-refractivity contribution in [3.63, 3.8) is 0 Å². The SMILES string of the molecule is O=C(CN(C(=O)c1ccc(Cl)cc1)N1C(=O)[C@H]2C3c4ccccc4C(c4ccccc43)[C@@H]2C1=O)c1ccccc1. The van der Waals surface area contributed by atoms with Crippen molar-refractivity contribution < 1.29 is 19.2 Å². The van der Waals surface area contributed by atoms with E-state index in [4.69, 9.17) is 11.6 Å². The first kappa shape index (κ1) is 24.5. The van der Waals surface area contributed by atoms with Crippen LogP contribution in [0.2, 0.25) is 5.02 Å². The summed E-state index contributed by atoms with van der Waals surface area (Å²) < 4.78 is 0. The molecule has 4 aromatic carbocycles. The molecule has 0 spiro atoms. The minimum absolute atomic E-state index is 0.218. The summed E-state index contributed by atoms with van der Waals surface area (Å²) in [5.74, 6) is -3.91. The van der Waals surface area contributed by atoms with Gasteiger partial charge in [-0.3, -0.25) is 19.2 Å². The van der Waals surface area contributed by atoms with Crippen LogP contribution in [-0.4, -0.2) is 40.1 Å². The van der Waals surface area contributed by atoms with Gasteiger partial charge < -0.3 is 0 Å². The summed E-state index contributed by atoms with van der Waals surface area (Å²) in [5.41, 5.74) is 4.73. The van der Waals surface area contributed by atoms with Crippen LogP contribution in [0.1, 0.15) is 54.8 Å². The normalized spacial score (nSPS) is 22.0. The standard InChI is InChI=1S/C33H23ClN2O4/c34-21-16-14-20(15-17-21)31(38)35(18-26(37)19-8-2-1-3-9-19)36-32(39)29-27-22-10-4-5-11-23(22)28(30(29)33(36)40)25-13-7-6-12-24(25)27/h1-17,27-30H,18H2/t27?,28?,29-,30-/m0/s1. The molecule has 0 saturated carbocycles. The van der Waals surface area contributed by atoms with Gasteiger partial charge in [-0.15, -0.1) is 0 Å². The Balaban J connectivity index is 1.33. The molecule has 6 nitrogen and oxygen atoms in total. The second-order valence-electron chi connectivity index (χ2n) is 10.4. The van der Waals surface area contributed by atoms with Crippen LogP contribution in [0.5, 0.6) is 0 Å². The number of Topliss-reactive ketones (excluding diaryl/α,β-unsaturated/α-hetero) is 1. The Kier molecular flexibility index (Phi) is 5.68. The van der Waals surface area contributed by atoms with Crippen LogP contribution in [0.25, 0.3) is 0 Å². The summed E-state index contributed by atoms with van der Waals surface area (Å²) in [5, 5.41) is 2.41. The van der Waals surface area contributed by atoms with Gasteiger partial charge in [-0.2, -0.15) is 5.01 Å². The smallest absolute Gasteiger partial charge is 0.273 e. The summed E-state index contributed by atoms with van der Waals surface area (Å²) in [6.45, 7) is -0.461. The van der Waals surface area contributed by atoms with Gasteiger partial charge in [0.25, 0.3) is 17.7 Å². The molecule has 3 amide bonds. The highest BCUT2D eigenvalue weighted by Crippen LogP contribution is 2.61.